The molecule has 7 nitrogen and oxygen atoms in total. The smallest absolute Gasteiger partial charge is 0.410 e. The molecule has 3 unspecified atom stereocenters. The molecule has 0 radical (unpaired) electrons. The molecule has 2 rings (SSSR count). The van der Waals surface area contributed by atoms with Crippen LogP contribution >= 0.6 is 24.0 Å². The Morgan fingerprint density at radius 3 is 2.40 bits per heavy atom. The highest BCUT2D eigenvalue weighted by molar-refractivity contribution is 14.0. The Bertz CT molecular complexity index is 552. The van der Waals surface area contributed by atoms with Gasteiger partial charge in [-0.3, -0.25) is 4.99 Å². The summed E-state index contributed by atoms with van der Waals surface area (Å²) < 4.78 is 5.45. The number of fused-ring (bicyclic) bond motifs is 2. The summed E-state index contributed by atoms with van der Waals surface area (Å²) in [6, 6.07) is 1.95. The number of carbonyl (C=O) groups excluding carboxylic acids is 1. The van der Waals surface area contributed by atoms with Crippen molar-refractivity contribution in [2.24, 2.45) is 4.99 Å². The van der Waals surface area contributed by atoms with Crippen molar-refractivity contribution in [3.8, 4) is 0 Å². The third-order valence-electron chi connectivity index (χ3n) is 6.18. The normalized spacial score (nSPS) is 25.7. The van der Waals surface area contributed by atoms with Crippen molar-refractivity contribution in [2.45, 2.75) is 103 Å². The van der Waals surface area contributed by atoms with Gasteiger partial charge in [0.15, 0.2) is 5.96 Å². The summed E-state index contributed by atoms with van der Waals surface area (Å²) in [7, 11) is 4.08. The molecule has 0 aromatic rings. The second-order valence-electron chi connectivity index (χ2n) is 9.71. The molecule has 2 aliphatic heterocycles. The third kappa shape index (κ3) is 8.40. The highest BCUT2D eigenvalue weighted by Gasteiger charge is 2.36. The van der Waals surface area contributed by atoms with E-state index >= 15 is 0 Å². The van der Waals surface area contributed by atoms with E-state index in [9.17, 15) is 4.79 Å². The van der Waals surface area contributed by atoms with Crippen LogP contribution in [0, 0.1) is 0 Å². The fraction of sp³-hybridized carbons (Fsp3) is 0.909. The summed E-state index contributed by atoms with van der Waals surface area (Å²) in [5, 5.41) is 7.05. The van der Waals surface area contributed by atoms with Crippen molar-refractivity contribution >= 4 is 36.0 Å². The van der Waals surface area contributed by atoms with Crippen LogP contribution in [-0.2, 0) is 4.74 Å². The van der Waals surface area contributed by atoms with Gasteiger partial charge in [0.25, 0.3) is 0 Å². The van der Waals surface area contributed by atoms with E-state index in [1.54, 1.807) is 11.9 Å². The minimum Gasteiger partial charge on any atom is -0.444 e. The van der Waals surface area contributed by atoms with Crippen molar-refractivity contribution in [3.63, 3.8) is 0 Å². The van der Waals surface area contributed by atoms with Crippen LogP contribution in [0.15, 0.2) is 4.99 Å². The SMILES string of the molecule is CCNC(=NCCC(C)N(C)C(=O)OC(C)(C)C)NC1CC2CCCC(C1)N2C.I. The molecule has 0 saturated carbocycles. The zero-order valence-corrected chi connectivity index (χ0v) is 22.4. The van der Waals surface area contributed by atoms with Gasteiger partial charge in [-0.2, -0.15) is 0 Å². The number of halogens is 1. The number of carbonyl (C=O) groups is 1. The van der Waals surface area contributed by atoms with Crippen molar-refractivity contribution < 1.29 is 9.53 Å². The van der Waals surface area contributed by atoms with E-state index < -0.39 is 5.60 Å². The highest BCUT2D eigenvalue weighted by Crippen LogP contribution is 2.32. The molecule has 30 heavy (non-hydrogen) atoms. The molecule has 8 heteroatoms. The van der Waals surface area contributed by atoms with Crippen molar-refractivity contribution in [2.75, 3.05) is 27.2 Å². The van der Waals surface area contributed by atoms with Crippen molar-refractivity contribution in [1.82, 2.24) is 20.4 Å². The van der Waals surface area contributed by atoms with E-state index in [0.717, 1.165) is 18.9 Å². The highest BCUT2D eigenvalue weighted by atomic mass is 127. The van der Waals surface area contributed by atoms with Crippen LogP contribution in [0.2, 0.25) is 0 Å². The Kier molecular flexibility index (Phi) is 11.2. The number of nitrogens with one attached hydrogen (secondary N) is 2. The van der Waals surface area contributed by atoms with Gasteiger partial charge in [-0.1, -0.05) is 6.42 Å². The summed E-state index contributed by atoms with van der Waals surface area (Å²) in [6.07, 6.45) is 6.89. The fourth-order valence-corrected chi connectivity index (χ4v) is 4.32. The van der Waals surface area contributed by atoms with E-state index in [1.807, 2.05) is 27.7 Å². The lowest BCUT2D eigenvalue weighted by Gasteiger charge is -2.47. The van der Waals surface area contributed by atoms with Crippen molar-refractivity contribution in [3.05, 3.63) is 0 Å². The second-order valence-corrected chi connectivity index (χ2v) is 9.71. The number of nitrogens with zero attached hydrogens (tertiary/aromatic N) is 3. The van der Waals surface area contributed by atoms with Crippen LogP contribution in [0.5, 0.6) is 0 Å². The average Bonchev–Trinajstić information content (AvgIpc) is 2.60. The molecule has 2 heterocycles. The van der Waals surface area contributed by atoms with Gasteiger partial charge >= 0.3 is 6.09 Å². The summed E-state index contributed by atoms with van der Waals surface area (Å²) >= 11 is 0. The number of hydrogen-bond acceptors (Lipinski definition) is 4. The molecule has 2 bridgehead atoms. The van der Waals surface area contributed by atoms with Gasteiger partial charge in [0.1, 0.15) is 5.60 Å². The minimum atomic E-state index is -0.474. The molecule has 3 atom stereocenters. The van der Waals surface area contributed by atoms with Crippen LogP contribution in [0.4, 0.5) is 4.79 Å². The summed E-state index contributed by atoms with van der Waals surface area (Å²) in [6.45, 7) is 11.3. The first-order valence-electron chi connectivity index (χ1n) is 11.3. The van der Waals surface area contributed by atoms with Crippen LogP contribution < -0.4 is 10.6 Å². The number of hydrogen-bond donors (Lipinski definition) is 2. The number of aliphatic imine (C=N–C) groups is 1. The molecule has 1 amide bonds. The maximum atomic E-state index is 12.2. The van der Waals surface area contributed by atoms with E-state index in [4.69, 9.17) is 9.73 Å². The predicted molar refractivity (Wildman–Crippen MR) is 135 cm³/mol. The molecule has 2 fully saturated rings. The van der Waals surface area contributed by atoms with Gasteiger partial charge in [0.05, 0.1) is 0 Å². The lowest BCUT2D eigenvalue weighted by Crippen LogP contribution is -2.56. The number of ether oxygens (including phenoxy) is 1. The van der Waals surface area contributed by atoms with Crippen LogP contribution in [0.25, 0.3) is 0 Å². The average molecular weight is 538 g/mol. The summed E-state index contributed by atoms with van der Waals surface area (Å²) in [5.74, 6) is 0.896. The number of amides is 1. The maximum absolute atomic E-state index is 12.2. The molecule has 0 aromatic heterocycles. The van der Waals surface area contributed by atoms with E-state index in [0.29, 0.717) is 24.7 Å². The molecular weight excluding hydrogens is 493 g/mol. The largest absolute Gasteiger partial charge is 0.444 e. The fourth-order valence-electron chi connectivity index (χ4n) is 4.32. The van der Waals surface area contributed by atoms with E-state index in [-0.39, 0.29) is 36.1 Å². The molecule has 2 aliphatic rings. The van der Waals surface area contributed by atoms with Crippen LogP contribution in [0.3, 0.4) is 0 Å². The predicted octanol–water partition coefficient (Wildman–Crippen LogP) is 3.82. The summed E-state index contributed by atoms with van der Waals surface area (Å²) in [4.78, 5) is 21.3. The summed E-state index contributed by atoms with van der Waals surface area (Å²) in [5.41, 5.74) is -0.474. The van der Waals surface area contributed by atoms with Gasteiger partial charge in [-0.05, 0) is 73.8 Å². The lowest BCUT2D eigenvalue weighted by atomic mass is 9.82. The molecule has 0 spiro atoms. The van der Waals surface area contributed by atoms with Gasteiger partial charge in [-0.15, -0.1) is 24.0 Å². The Labute approximate surface area is 200 Å². The first-order valence-corrected chi connectivity index (χ1v) is 11.3. The number of guanidine groups is 1. The van der Waals surface area contributed by atoms with Gasteiger partial charge in [0, 0.05) is 44.3 Å². The molecule has 176 valence electrons. The Morgan fingerprint density at radius 1 is 1.27 bits per heavy atom. The molecule has 2 saturated heterocycles. The van der Waals surface area contributed by atoms with Gasteiger partial charge in [0.2, 0.25) is 0 Å². The maximum Gasteiger partial charge on any atom is 0.410 e. The standard InChI is InChI=1S/C22H43N5O2.HI/c1-8-23-20(25-17-14-18-10-9-11-19(15-17)27(18)7)24-13-12-16(2)26(6)21(28)29-22(3,4)5;/h16-19H,8-15H2,1-7H3,(H2,23,24,25);1H. The zero-order valence-electron chi connectivity index (χ0n) is 20.0. The zero-order chi connectivity index (χ0) is 21.6. The third-order valence-corrected chi connectivity index (χ3v) is 6.18. The molecule has 0 aliphatic carbocycles. The Balaban J connectivity index is 0.00000450. The lowest BCUT2D eigenvalue weighted by molar-refractivity contribution is 0.0231. The Hall–Kier alpha value is -0.770. The molecule has 0 aromatic carbocycles. The first-order chi connectivity index (χ1) is 13.6. The number of rotatable bonds is 6. The van der Waals surface area contributed by atoms with Crippen LogP contribution in [0.1, 0.15) is 73.1 Å². The van der Waals surface area contributed by atoms with Crippen molar-refractivity contribution in [1.29, 1.82) is 0 Å². The first kappa shape index (κ1) is 27.3. The molecule has 2 N–H and O–H groups in total. The van der Waals surface area contributed by atoms with Gasteiger partial charge in [-0.25, -0.2) is 4.79 Å². The molecular formula is C22H44IN5O2. The number of piperidine rings is 2. The Morgan fingerprint density at radius 2 is 1.87 bits per heavy atom. The topological polar surface area (TPSA) is 69.2 Å². The van der Waals surface area contributed by atoms with E-state index in [2.05, 4.69) is 29.5 Å². The monoisotopic (exact) mass is 537 g/mol. The van der Waals surface area contributed by atoms with Crippen LogP contribution in [-0.4, -0.2) is 78.8 Å². The van der Waals surface area contributed by atoms with E-state index in [1.165, 1.54) is 32.1 Å². The quantitative estimate of drug-likeness (QED) is 0.307. The van der Waals surface area contributed by atoms with Gasteiger partial charge < -0.3 is 25.2 Å². The minimum absolute atomic E-state index is 0. The second kappa shape index (κ2) is 12.3.